The number of pyridine rings is 1. The third-order valence-electron chi connectivity index (χ3n) is 6.85. The van der Waals surface area contributed by atoms with E-state index in [0.29, 0.717) is 29.0 Å². The third-order valence-corrected chi connectivity index (χ3v) is 6.85. The molecule has 33 heavy (non-hydrogen) atoms. The fourth-order valence-corrected chi connectivity index (χ4v) is 5.26. The molecule has 3 aromatic heterocycles. The van der Waals surface area contributed by atoms with E-state index in [1.165, 1.54) is 5.56 Å². The van der Waals surface area contributed by atoms with Gasteiger partial charge in [0.05, 0.1) is 17.5 Å². The smallest absolute Gasteiger partial charge is 0.329 e. The van der Waals surface area contributed by atoms with E-state index < -0.39 is 5.56 Å². The van der Waals surface area contributed by atoms with Crippen LogP contribution in [0.4, 0.5) is 0 Å². The van der Waals surface area contributed by atoms with Crippen molar-refractivity contribution in [2.75, 3.05) is 19.7 Å². The number of fused-ring (bicyclic) bond motifs is 3. The van der Waals surface area contributed by atoms with Crippen molar-refractivity contribution >= 4 is 21.9 Å². The molecule has 1 aliphatic rings. The SMILES string of the molecule is O=c1[nH]c(=O)n(C2CCC(CN(CCO)Cc3ccccc3)CC2)c2c1cnc1[nH]ccc12. The highest BCUT2D eigenvalue weighted by molar-refractivity contribution is 6.01. The summed E-state index contributed by atoms with van der Waals surface area (Å²) in [6.07, 6.45) is 7.07. The van der Waals surface area contributed by atoms with Gasteiger partial charge in [-0.05, 0) is 43.2 Å². The van der Waals surface area contributed by atoms with Gasteiger partial charge in [-0.3, -0.25) is 19.2 Å². The fourth-order valence-electron chi connectivity index (χ4n) is 5.26. The summed E-state index contributed by atoms with van der Waals surface area (Å²) in [5.74, 6) is 0.509. The van der Waals surface area contributed by atoms with Crippen LogP contribution in [0.5, 0.6) is 0 Å². The molecule has 0 radical (unpaired) electrons. The van der Waals surface area contributed by atoms with Crippen molar-refractivity contribution in [3.63, 3.8) is 0 Å². The van der Waals surface area contributed by atoms with Crippen molar-refractivity contribution in [2.24, 2.45) is 5.92 Å². The highest BCUT2D eigenvalue weighted by Crippen LogP contribution is 2.34. The summed E-state index contributed by atoms with van der Waals surface area (Å²) in [4.78, 5) is 37.6. The number of aromatic amines is 2. The van der Waals surface area contributed by atoms with E-state index in [-0.39, 0.29) is 18.3 Å². The van der Waals surface area contributed by atoms with Gasteiger partial charge in [0.25, 0.3) is 5.56 Å². The molecule has 0 spiro atoms. The topological polar surface area (TPSA) is 107 Å². The maximum Gasteiger partial charge on any atom is 0.329 e. The second-order valence-corrected chi connectivity index (χ2v) is 9.01. The first-order valence-corrected chi connectivity index (χ1v) is 11.6. The van der Waals surface area contributed by atoms with Crippen LogP contribution in [-0.2, 0) is 6.54 Å². The number of aromatic nitrogens is 4. The minimum atomic E-state index is -0.393. The summed E-state index contributed by atoms with van der Waals surface area (Å²) >= 11 is 0. The van der Waals surface area contributed by atoms with Gasteiger partial charge in [0.2, 0.25) is 0 Å². The Morgan fingerprint density at radius 3 is 2.61 bits per heavy atom. The van der Waals surface area contributed by atoms with Gasteiger partial charge in [0.1, 0.15) is 5.65 Å². The first-order valence-electron chi connectivity index (χ1n) is 11.6. The Balaban J connectivity index is 1.35. The molecule has 3 heterocycles. The van der Waals surface area contributed by atoms with Gasteiger partial charge in [-0.2, -0.15) is 0 Å². The molecule has 0 aliphatic heterocycles. The zero-order valence-corrected chi connectivity index (χ0v) is 18.5. The quantitative estimate of drug-likeness (QED) is 0.404. The van der Waals surface area contributed by atoms with Gasteiger partial charge >= 0.3 is 5.69 Å². The van der Waals surface area contributed by atoms with Gasteiger partial charge in [0.15, 0.2) is 0 Å². The Morgan fingerprint density at radius 2 is 1.85 bits per heavy atom. The standard InChI is InChI=1S/C25H29N5O3/c31-13-12-29(15-17-4-2-1-3-5-17)16-18-6-8-19(9-7-18)30-22-20-10-11-26-23(20)27-14-21(22)24(32)28-25(30)33/h1-5,10-11,14,18-19,31H,6-9,12-13,15-16H2,(H,26,27)(H,28,32,33). The lowest BCUT2D eigenvalue weighted by Gasteiger charge is -2.33. The van der Waals surface area contributed by atoms with Crippen LogP contribution in [0.25, 0.3) is 21.9 Å². The third kappa shape index (κ3) is 4.36. The summed E-state index contributed by atoms with van der Waals surface area (Å²) in [5, 5.41) is 10.8. The van der Waals surface area contributed by atoms with Crippen LogP contribution >= 0.6 is 0 Å². The second kappa shape index (κ2) is 9.33. The first-order chi connectivity index (χ1) is 16.1. The molecule has 0 bridgehead atoms. The van der Waals surface area contributed by atoms with Crippen LogP contribution in [0, 0.1) is 5.92 Å². The number of nitrogens with one attached hydrogen (secondary N) is 2. The number of H-pyrrole nitrogens is 2. The van der Waals surface area contributed by atoms with Crippen molar-refractivity contribution in [1.82, 2.24) is 24.4 Å². The van der Waals surface area contributed by atoms with Gasteiger partial charge in [0, 0.05) is 43.5 Å². The number of nitrogens with zero attached hydrogens (tertiary/aromatic N) is 3. The number of hydrogen-bond donors (Lipinski definition) is 3. The molecule has 3 N–H and O–H groups in total. The molecule has 1 aliphatic carbocycles. The van der Waals surface area contributed by atoms with E-state index in [0.717, 1.165) is 44.2 Å². The van der Waals surface area contributed by atoms with E-state index in [9.17, 15) is 14.7 Å². The van der Waals surface area contributed by atoms with Gasteiger partial charge in [-0.25, -0.2) is 9.78 Å². The van der Waals surface area contributed by atoms with Crippen molar-refractivity contribution < 1.29 is 5.11 Å². The molecule has 0 atom stereocenters. The van der Waals surface area contributed by atoms with Crippen molar-refractivity contribution in [1.29, 1.82) is 0 Å². The molecule has 8 nitrogen and oxygen atoms in total. The van der Waals surface area contributed by atoms with Crippen LogP contribution in [0.1, 0.15) is 37.3 Å². The summed E-state index contributed by atoms with van der Waals surface area (Å²) in [6.45, 7) is 2.54. The number of hydrogen-bond acceptors (Lipinski definition) is 5. The van der Waals surface area contributed by atoms with Gasteiger partial charge < -0.3 is 10.1 Å². The summed E-state index contributed by atoms with van der Waals surface area (Å²) in [5.41, 5.74) is 1.85. The summed E-state index contributed by atoms with van der Waals surface area (Å²) < 4.78 is 1.78. The van der Waals surface area contributed by atoms with Crippen LogP contribution in [0.3, 0.4) is 0 Å². The van der Waals surface area contributed by atoms with Crippen LogP contribution < -0.4 is 11.2 Å². The first kappa shape index (κ1) is 21.6. The van der Waals surface area contributed by atoms with E-state index in [2.05, 4.69) is 32.0 Å². The minimum absolute atomic E-state index is 0.0361. The Bertz CT molecular complexity index is 1350. The van der Waals surface area contributed by atoms with E-state index >= 15 is 0 Å². The lowest BCUT2D eigenvalue weighted by Crippen LogP contribution is -2.37. The normalized spacial score (nSPS) is 19.0. The zero-order chi connectivity index (χ0) is 22.8. The Labute approximate surface area is 190 Å². The monoisotopic (exact) mass is 447 g/mol. The van der Waals surface area contributed by atoms with Crippen molar-refractivity contribution in [3.05, 3.63) is 75.2 Å². The lowest BCUT2D eigenvalue weighted by atomic mass is 9.85. The molecule has 0 saturated heterocycles. The van der Waals surface area contributed by atoms with Crippen LogP contribution in [-0.4, -0.2) is 49.2 Å². The number of aliphatic hydroxyl groups is 1. The Hall–Kier alpha value is -3.23. The summed E-state index contributed by atoms with van der Waals surface area (Å²) in [6, 6.07) is 12.2. The average Bonchev–Trinajstić information content (AvgIpc) is 3.30. The molecular weight excluding hydrogens is 418 g/mol. The van der Waals surface area contributed by atoms with Crippen molar-refractivity contribution in [3.8, 4) is 0 Å². The largest absolute Gasteiger partial charge is 0.395 e. The second-order valence-electron chi connectivity index (χ2n) is 9.01. The number of rotatable bonds is 7. The van der Waals surface area contributed by atoms with Crippen molar-refractivity contribution in [2.45, 2.75) is 38.3 Å². The molecule has 5 rings (SSSR count). The van der Waals surface area contributed by atoms with Gasteiger partial charge in [-0.1, -0.05) is 30.3 Å². The molecule has 8 heteroatoms. The molecule has 0 amide bonds. The molecule has 172 valence electrons. The maximum atomic E-state index is 12.9. The predicted molar refractivity (Wildman–Crippen MR) is 128 cm³/mol. The maximum absolute atomic E-state index is 12.9. The Morgan fingerprint density at radius 1 is 1.06 bits per heavy atom. The highest BCUT2D eigenvalue weighted by Gasteiger charge is 2.27. The molecule has 1 saturated carbocycles. The molecular formula is C25H29N5O3. The minimum Gasteiger partial charge on any atom is -0.395 e. The molecule has 1 fully saturated rings. The molecule has 4 aromatic rings. The zero-order valence-electron chi connectivity index (χ0n) is 18.5. The Kier molecular flexibility index (Phi) is 6.11. The van der Waals surface area contributed by atoms with Crippen LogP contribution in [0.2, 0.25) is 0 Å². The van der Waals surface area contributed by atoms with Gasteiger partial charge in [-0.15, -0.1) is 0 Å². The average molecular weight is 448 g/mol. The van der Waals surface area contributed by atoms with E-state index in [1.807, 2.05) is 24.3 Å². The number of benzene rings is 1. The molecule has 0 unspecified atom stereocenters. The van der Waals surface area contributed by atoms with Crippen LogP contribution in [0.15, 0.2) is 58.4 Å². The predicted octanol–water partition coefficient (Wildman–Crippen LogP) is 2.79. The highest BCUT2D eigenvalue weighted by atomic mass is 16.3. The molecule has 1 aromatic carbocycles. The van der Waals surface area contributed by atoms with E-state index in [1.54, 1.807) is 17.0 Å². The fraction of sp³-hybridized carbons (Fsp3) is 0.400. The lowest BCUT2D eigenvalue weighted by molar-refractivity contribution is 0.145. The number of aliphatic hydroxyl groups excluding tert-OH is 1. The summed E-state index contributed by atoms with van der Waals surface area (Å²) in [7, 11) is 0. The van der Waals surface area contributed by atoms with E-state index in [4.69, 9.17) is 0 Å².